The molecule has 10 heteroatoms. The molecule has 7 nitrogen and oxygen atoms in total. The molecule has 0 heterocycles. The van der Waals surface area contributed by atoms with Crippen LogP contribution in [-0.4, -0.2) is 39.8 Å². The molecule has 0 radical (unpaired) electrons. The molecular formula is C20H20Cl3NO6. The summed E-state index contributed by atoms with van der Waals surface area (Å²) in [5.41, 5.74) is 0.979. The standard InChI is InChI=1S/C20H20Cl3NO6/c1-27-15-6-11(7-16(28-2)20(15)29-3)4-5-18(26)30-10-17(25)24-19-13(22)8-12(21)9-14(19)23/h6-9H,4-5,10H2,1-3H3,(H,24,25). The summed E-state index contributed by atoms with van der Waals surface area (Å²) in [6, 6.07) is 6.36. The first-order valence-electron chi connectivity index (χ1n) is 8.68. The zero-order valence-corrected chi connectivity index (χ0v) is 18.8. The predicted octanol–water partition coefficient (Wildman–Crippen LogP) is 4.79. The van der Waals surface area contributed by atoms with Crippen LogP contribution in [0.4, 0.5) is 5.69 Å². The van der Waals surface area contributed by atoms with Gasteiger partial charge in [0.05, 0.1) is 37.1 Å². The molecule has 30 heavy (non-hydrogen) atoms. The molecular weight excluding hydrogens is 457 g/mol. The Labute approximate surface area is 189 Å². The number of carbonyl (C=O) groups is 2. The van der Waals surface area contributed by atoms with E-state index in [2.05, 4.69) is 5.32 Å². The lowest BCUT2D eigenvalue weighted by Crippen LogP contribution is -2.21. The van der Waals surface area contributed by atoms with E-state index >= 15 is 0 Å². The fourth-order valence-corrected chi connectivity index (χ4v) is 3.49. The van der Waals surface area contributed by atoms with E-state index in [1.54, 1.807) is 12.1 Å². The quantitative estimate of drug-likeness (QED) is 0.524. The van der Waals surface area contributed by atoms with Gasteiger partial charge in [0.2, 0.25) is 5.75 Å². The molecule has 0 aliphatic carbocycles. The topological polar surface area (TPSA) is 83.1 Å². The Morgan fingerprint density at radius 2 is 1.47 bits per heavy atom. The Morgan fingerprint density at radius 1 is 0.900 bits per heavy atom. The third kappa shape index (κ3) is 6.32. The van der Waals surface area contributed by atoms with E-state index < -0.39 is 18.5 Å². The molecule has 1 amide bonds. The van der Waals surface area contributed by atoms with Gasteiger partial charge in [-0.2, -0.15) is 0 Å². The molecule has 2 rings (SSSR count). The number of esters is 1. The first kappa shape index (κ1) is 23.9. The number of ether oxygens (including phenoxy) is 4. The van der Waals surface area contributed by atoms with Crippen molar-refractivity contribution in [2.45, 2.75) is 12.8 Å². The summed E-state index contributed by atoms with van der Waals surface area (Å²) in [5.74, 6) is 0.296. The van der Waals surface area contributed by atoms with Gasteiger partial charge in [-0.05, 0) is 36.2 Å². The van der Waals surface area contributed by atoms with E-state index in [1.807, 2.05) is 0 Å². The summed E-state index contributed by atoms with van der Waals surface area (Å²) in [4.78, 5) is 24.1. The van der Waals surface area contributed by atoms with Gasteiger partial charge in [0, 0.05) is 11.4 Å². The second-order valence-corrected chi connectivity index (χ2v) is 7.24. The van der Waals surface area contributed by atoms with Crippen molar-refractivity contribution < 1.29 is 28.5 Å². The van der Waals surface area contributed by atoms with Crippen molar-refractivity contribution in [3.05, 3.63) is 44.9 Å². The average molecular weight is 477 g/mol. The molecule has 0 aromatic heterocycles. The number of amides is 1. The molecule has 0 fully saturated rings. The lowest BCUT2D eigenvalue weighted by Gasteiger charge is -2.14. The fourth-order valence-electron chi connectivity index (χ4n) is 2.58. The molecule has 0 saturated heterocycles. The maximum atomic E-state index is 12.0. The molecule has 162 valence electrons. The summed E-state index contributed by atoms with van der Waals surface area (Å²) >= 11 is 17.8. The highest BCUT2D eigenvalue weighted by molar-refractivity contribution is 6.42. The average Bonchev–Trinajstić information content (AvgIpc) is 2.72. The number of methoxy groups -OCH3 is 3. The van der Waals surface area contributed by atoms with Crippen LogP contribution in [0.3, 0.4) is 0 Å². The van der Waals surface area contributed by atoms with Crippen molar-refractivity contribution >= 4 is 52.4 Å². The summed E-state index contributed by atoms with van der Waals surface area (Å²) in [6.45, 7) is -0.483. The predicted molar refractivity (Wildman–Crippen MR) is 115 cm³/mol. The van der Waals surface area contributed by atoms with Crippen LogP contribution in [0.5, 0.6) is 17.2 Å². The maximum Gasteiger partial charge on any atom is 0.306 e. The van der Waals surface area contributed by atoms with Gasteiger partial charge in [0.1, 0.15) is 0 Å². The number of hydrogen-bond acceptors (Lipinski definition) is 6. The monoisotopic (exact) mass is 475 g/mol. The normalized spacial score (nSPS) is 10.3. The number of hydrogen-bond donors (Lipinski definition) is 1. The van der Waals surface area contributed by atoms with Crippen molar-refractivity contribution in [3.8, 4) is 17.2 Å². The second kappa shape index (κ2) is 11.2. The second-order valence-electron chi connectivity index (χ2n) is 5.99. The molecule has 0 unspecified atom stereocenters. The molecule has 2 aromatic rings. The fraction of sp³-hybridized carbons (Fsp3) is 0.300. The van der Waals surface area contributed by atoms with E-state index in [-0.39, 0.29) is 22.2 Å². The number of carbonyl (C=O) groups excluding carboxylic acids is 2. The Hall–Kier alpha value is -2.35. The minimum absolute atomic E-state index is 0.0500. The lowest BCUT2D eigenvalue weighted by atomic mass is 10.1. The van der Waals surface area contributed by atoms with Crippen LogP contribution >= 0.6 is 34.8 Å². The number of benzene rings is 2. The van der Waals surface area contributed by atoms with Crippen molar-refractivity contribution in [1.29, 1.82) is 0 Å². The maximum absolute atomic E-state index is 12.0. The molecule has 0 atom stereocenters. The summed E-state index contributed by atoms with van der Waals surface area (Å²) in [5, 5.41) is 3.18. The third-order valence-electron chi connectivity index (χ3n) is 3.98. The minimum atomic E-state index is -0.581. The van der Waals surface area contributed by atoms with Gasteiger partial charge in [0.15, 0.2) is 18.1 Å². The molecule has 1 N–H and O–H groups in total. The molecule has 0 aliphatic heterocycles. The lowest BCUT2D eigenvalue weighted by molar-refractivity contribution is -0.147. The largest absolute Gasteiger partial charge is 0.493 e. The zero-order valence-electron chi connectivity index (χ0n) is 16.5. The van der Waals surface area contributed by atoms with Gasteiger partial charge in [-0.15, -0.1) is 0 Å². The number of aryl methyl sites for hydroxylation is 1. The molecule has 0 spiro atoms. The number of anilines is 1. The Balaban J connectivity index is 1.90. The van der Waals surface area contributed by atoms with Gasteiger partial charge in [-0.25, -0.2) is 0 Å². The van der Waals surface area contributed by atoms with Gasteiger partial charge < -0.3 is 24.3 Å². The van der Waals surface area contributed by atoms with Crippen LogP contribution in [0.1, 0.15) is 12.0 Å². The van der Waals surface area contributed by atoms with Crippen molar-refractivity contribution in [1.82, 2.24) is 0 Å². The van der Waals surface area contributed by atoms with Gasteiger partial charge in [-0.3, -0.25) is 9.59 Å². The van der Waals surface area contributed by atoms with E-state index in [4.69, 9.17) is 53.8 Å². The number of rotatable bonds is 9. The summed E-state index contributed by atoms with van der Waals surface area (Å²) < 4.78 is 20.8. The third-order valence-corrected chi connectivity index (χ3v) is 4.79. The zero-order chi connectivity index (χ0) is 22.3. The first-order valence-corrected chi connectivity index (χ1v) is 9.81. The van der Waals surface area contributed by atoms with Crippen LogP contribution < -0.4 is 19.5 Å². The van der Waals surface area contributed by atoms with E-state index in [9.17, 15) is 9.59 Å². The highest BCUT2D eigenvalue weighted by Crippen LogP contribution is 2.38. The van der Waals surface area contributed by atoms with Gasteiger partial charge >= 0.3 is 5.97 Å². The SMILES string of the molecule is COc1cc(CCC(=O)OCC(=O)Nc2c(Cl)cc(Cl)cc2Cl)cc(OC)c1OC. The van der Waals surface area contributed by atoms with E-state index in [0.717, 1.165) is 5.56 Å². The summed E-state index contributed by atoms with van der Waals surface area (Å²) in [6.07, 6.45) is 0.403. The van der Waals surface area contributed by atoms with Gasteiger partial charge in [0.25, 0.3) is 5.91 Å². The van der Waals surface area contributed by atoms with Crippen molar-refractivity contribution in [3.63, 3.8) is 0 Å². The van der Waals surface area contributed by atoms with Crippen molar-refractivity contribution in [2.24, 2.45) is 0 Å². The van der Waals surface area contributed by atoms with Crippen LogP contribution in [0, 0.1) is 0 Å². The molecule has 0 bridgehead atoms. The smallest absolute Gasteiger partial charge is 0.306 e. The first-order chi connectivity index (χ1) is 14.3. The molecule has 2 aromatic carbocycles. The van der Waals surface area contributed by atoms with Crippen LogP contribution in [-0.2, 0) is 20.7 Å². The van der Waals surface area contributed by atoms with Crippen molar-refractivity contribution in [2.75, 3.05) is 33.3 Å². The van der Waals surface area contributed by atoms with Crippen LogP contribution in [0.25, 0.3) is 0 Å². The highest BCUT2D eigenvalue weighted by Gasteiger charge is 2.16. The molecule has 0 aliphatic rings. The number of halogens is 3. The Morgan fingerprint density at radius 3 is 1.97 bits per heavy atom. The number of nitrogens with one attached hydrogen (secondary N) is 1. The Kier molecular flexibility index (Phi) is 8.89. The van der Waals surface area contributed by atoms with Crippen LogP contribution in [0.15, 0.2) is 24.3 Å². The van der Waals surface area contributed by atoms with E-state index in [0.29, 0.717) is 28.7 Å². The minimum Gasteiger partial charge on any atom is -0.493 e. The van der Waals surface area contributed by atoms with Gasteiger partial charge in [-0.1, -0.05) is 34.8 Å². The Bertz CT molecular complexity index is 887. The summed E-state index contributed by atoms with van der Waals surface area (Å²) in [7, 11) is 4.52. The van der Waals surface area contributed by atoms with Crippen LogP contribution in [0.2, 0.25) is 15.1 Å². The molecule has 0 saturated carbocycles. The van der Waals surface area contributed by atoms with E-state index in [1.165, 1.54) is 33.5 Å². The highest BCUT2D eigenvalue weighted by atomic mass is 35.5.